The summed E-state index contributed by atoms with van der Waals surface area (Å²) in [7, 11) is 0. The second kappa shape index (κ2) is 7.12. The lowest BCUT2D eigenvalue weighted by atomic mass is 10.3. The van der Waals surface area contributed by atoms with Crippen molar-refractivity contribution in [2.75, 3.05) is 18.0 Å². The van der Waals surface area contributed by atoms with E-state index in [0.717, 1.165) is 13.1 Å². The van der Waals surface area contributed by atoms with Crippen LogP contribution in [0.5, 0.6) is 11.8 Å². The highest BCUT2D eigenvalue weighted by Gasteiger charge is 2.54. The van der Waals surface area contributed by atoms with Crippen molar-refractivity contribution in [2.24, 2.45) is 17.6 Å². The molecule has 1 saturated heterocycles. The number of halogens is 2. The highest BCUT2D eigenvalue weighted by molar-refractivity contribution is 6.38. The maximum atomic E-state index is 11.2. The number of hydrogen-bond donors (Lipinski definition) is 3. The third-order valence-electron chi connectivity index (χ3n) is 5.54. The van der Waals surface area contributed by atoms with Crippen LogP contribution in [0.1, 0.15) is 16.1 Å². The molecule has 11 heteroatoms. The molecule has 4 N–H and O–H groups in total. The van der Waals surface area contributed by atoms with Crippen LogP contribution in [0.3, 0.4) is 0 Å². The first-order chi connectivity index (χ1) is 14.5. The van der Waals surface area contributed by atoms with E-state index in [1.165, 1.54) is 24.0 Å². The Morgan fingerprint density at radius 3 is 2.80 bits per heavy atom. The molecule has 3 aromatic rings. The first-order valence-corrected chi connectivity index (χ1v) is 10.0. The van der Waals surface area contributed by atoms with Gasteiger partial charge in [-0.05, 0) is 24.0 Å². The van der Waals surface area contributed by atoms with Crippen LogP contribution in [0.2, 0.25) is 5.02 Å². The number of nitrogens with zero attached hydrogens (tertiary/aromatic N) is 4. The van der Waals surface area contributed by atoms with Crippen molar-refractivity contribution in [2.45, 2.75) is 6.04 Å². The highest BCUT2D eigenvalue weighted by Crippen LogP contribution is 2.47. The maximum absolute atomic E-state index is 11.2. The third-order valence-corrected chi connectivity index (χ3v) is 6.06. The van der Waals surface area contributed by atoms with Crippen molar-refractivity contribution < 1.29 is 14.6 Å². The van der Waals surface area contributed by atoms with E-state index in [-0.39, 0.29) is 23.4 Å². The smallest absolute Gasteiger partial charge is 0.337 e. The summed E-state index contributed by atoms with van der Waals surface area (Å²) in [4.78, 5) is 29.3. The number of rotatable bonds is 5. The number of nitrogens with two attached hydrogens (primary N) is 1. The van der Waals surface area contributed by atoms with Crippen LogP contribution in [0.15, 0.2) is 24.0 Å². The summed E-state index contributed by atoms with van der Waals surface area (Å²) in [5, 5.41) is 10.3. The number of aromatic nitrogens is 4. The second-order valence-electron chi connectivity index (χ2n) is 7.33. The number of hydrogen-bond acceptors (Lipinski definition) is 7. The van der Waals surface area contributed by atoms with Crippen LogP contribution >= 0.6 is 23.2 Å². The minimum absolute atomic E-state index is 0.000117. The number of nitrogens with one attached hydrogen (secondary N) is 1. The molecule has 2 atom stereocenters. The monoisotopic (exact) mass is 446 g/mol. The molecule has 9 nitrogen and oxygen atoms in total. The van der Waals surface area contributed by atoms with Crippen LogP contribution in [0.4, 0.5) is 5.82 Å². The zero-order valence-corrected chi connectivity index (χ0v) is 16.9. The lowest BCUT2D eigenvalue weighted by Gasteiger charge is -2.21. The standard InChI is InChI=1S/C19H16Cl2N6O3/c20-2-1-12-14(21)13-16(24-12)25-19(30-9-3-8(18(28)29)4-23-5-9)26-17(13)27-6-10-11(7-27)15(10)22/h1-5,10-11,15H,6-7,22H2,(H,28,29)(H,24,25,26)/b2-1+. The number of carboxylic acids is 1. The van der Waals surface area contributed by atoms with Gasteiger partial charge >= 0.3 is 12.0 Å². The Labute approximate surface area is 180 Å². The molecule has 1 saturated carbocycles. The van der Waals surface area contributed by atoms with Gasteiger partial charge in [-0.3, -0.25) is 4.98 Å². The average molecular weight is 447 g/mol. The Balaban J connectivity index is 1.57. The number of carbonyl (C=O) groups is 1. The van der Waals surface area contributed by atoms with Crippen molar-refractivity contribution in [1.29, 1.82) is 0 Å². The molecular formula is C19H16Cl2N6O3. The van der Waals surface area contributed by atoms with Gasteiger partial charge in [-0.15, -0.1) is 0 Å². The fraction of sp³-hybridized carbons (Fsp3) is 0.263. The number of H-pyrrole nitrogens is 1. The van der Waals surface area contributed by atoms with Crippen LogP contribution in [0.25, 0.3) is 17.1 Å². The van der Waals surface area contributed by atoms with Gasteiger partial charge in [-0.25, -0.2) is 4.79 Å². The first kappa shape index (κ1) is 19.1. The van der Waals surface area contributed by atoms with Crippen molar-refractivity contribution in [3.05, 3.63) is 40.3 Å². The summed E-state index contributed by atoms with van der Waals surface area (Å²) in [5.74, 6) is 0.620. The van der Waals surface area contributed by atoms with Gasteiger partial charge in [0.1, 0.15) is 17.2 Å². The summed E-state index contributed by atoms with van der Waals surface area (Å²) >= 11 is 12.3. The predicted octanol–water partition coefficient (Wildman–Crippen LogP) is 3.10. The van der Waals surface area contributed by atoms with E-state index >= 15 is 0 Å². The number of fused-ring (bicyclic) bond motifs is 2. The summed E-state index contributed by atoms with van der Waals surface area (Å²) in [5.41, 5.74) is 8.51. The molecule has 3 aromatic heterocycles. The summed E-state index contributed by atoms with van der Waals surface area (Å²) in [6.07, 6.45) is 4.26. The molecule has 2 fully saturated rings. The zero-order valence-electron chi connectivity index (χ0n) is 15.4. The van der Waals surface area contributed by atoms with Gasteiger partial charge in [0.05, 0.1) is 27.9 Å². The molecule has 0 radical (unpaired) electrons. The number of piperidine rings is 1. The van der Waals surface area contributed by atoms with E-state index in [2.05, 4.69) is 24.8 Å². The SMILES string of the molecule is NC1C2CN(c3nc(Oc4cncc(C(=O)O)c4)nc4[nH]c(/C=C/Cl)c(Cl)c34)CC12. The number of pyridine rings is 1. The normalized spacial score (nSPS) is 22.6. The van der Waals surface area contributed by atoms with Crippen LogP contribution in [0, 0.1) is 11.8 Å². The lowest BCUT2D eigenvalue weighted by molar-refractivity contribution is 0.0696. The maximum Gasteiger partial charge on any atom is 0.337 e. The molecule has 30 heavy (non-hydrogen) atoms. The topological polar surface area (TPSA) is 130 Å². The summed E-state index contributed by atoms with van der Waals surface area (Å²) in [6.45, 7) is 1.55. The molecule has 0 bridgehead atoms. The molecular weight excluding hydrogens is 431 g/mol. The largest absolute Gasteiger partial charge is 0.478 e. The quantitative estimate of drug-likeness (QED) is 0.544. The fourth-order valence-corrected chi connectivity index (χ4v) is 4.34. The van der Waals surface area contributed by atoms with Gasteiger partial charge in [0.15, 0.2) is 0 Å². The molecule has 1 aliphatic carbocycles. The number of aromatic amines is 1. The molecule has 4 heterocycles. The molecule has 0 spiro atoms. The van der Waals surface area contributed by atoms with Crippen molar-refractivity contribution >= 4 is 52.1 Å². The van der Waals surface area contributed by atoms with Crippen molar-refractivity contribution in [3.63, 3.8) is 0 Å². The van der Waals surface area contributed by atoms with E-state index in [1.54, 1.807) is 6.08 Å². The first-order valence-electron chi connectivity index (χ1n) is 9.19. The fourth-order valence-electron chi connectivity index (χ4n) is 3.93. The molecule has 5 rings (SSSR count). The van der Waals surface area contributed by atoms with Crippen LogP contribution < -0.4 is 15.4 Å². The highest BCUT2D eigenvalue weighted by atomic mass is 35.5. The number of ether oxygens (including phenoxy) is 1. The van der Waals surface area contributed by atoms with E-state index in [4.69, 9.17) is 38.8 Å². The number of aromatic carboxylic acids is 1. The van der Waals surface area contributed by atoms with E-state index in [1.807, 2.05) is 0 Å². The predicted molar refractivity (Wildman–Crippen MR) is 112 cm³/mol. The van der Waals surface area contributed by atoms with Crippen molar-refractivity contribution in [1.82, 2.24) is 19.9 Å². The average Bonchev–Trinajstić information content (AvgIpc) is 3.07. The Bertz CT molecular complexity index is 1180. The summed E-state index contributed by atoms with van der Waals surface area (Å²) < 4.78 is 5.74. The van der Waals surface area contributed by atoms with E-state index < -0.39 is 5.97 Å². The Hall–Kier alpha value is -2.88. The molecule has 0 aromatic carbocycles. The van der Waals surface area contributed by atoms with Gasteiger partial charge in [-0.2, -0.15) is 9.97 Å². The zero-order chi connectivity index (χ0) is 21.0. The van der Waals surface area contributed by atoms with E-state index in [9.17, 15) is 4.79 Å². The van der Waals surface area contributed by atoms with Gasteiger partial charge in [-0.1, -0.05) is 23.2 Å². The minimum atomic E-state index is -1.11. The van der Waals surface area contributed by atoms with Gasteiger partial charge < -0.3 is 25.5 Å². The number of anilines is 1. The molecule has 2 unspecified atom stereocenters. The second-order valence-corrected chi connectivity index (χ2v) is 7.96. The Morgan fingerprint density at radius 1 is 1.33 bits per heavy atom. The Morgan fingerprint density at radius 2 is 2.10 bits per heavy atom. The lowest BCUT2D eigenvalue weighted by Crippen LogP contribution is -2.29. The molecule has 154 valence electrons. The Kier molecular flexibility index (Phi) is 4.53. The van der Waals surface area contributed by atoms with Gasteiger partial charge in [0, 0.05) is 30.9 Å². The summed E-state index contributed by atoms with van der Waals surface area (Å²) in [6, 6.07) is 1.64. The minimum Gasteiger partial charge on any atom is -0.478 e. The molecule has 0 amide bonds. The van der Waals surface area contributed by atoms with Crippen molar-refractivity contribution in [3.8, 4) is 11.8 Å². The van der Waals surface area contributed by atoms with E-state index in [0.29, 0.717) is 39.4 Å². The van der Waals surface area contributed by atoms with Crippen LogP contribution in [-0.4, -0.2) is 50.1 Å². The molecule has 2 aliphatic rings. The molecule has 1 aliphatic heterocycles. The van der Waals surface area contributed by atoms with Gasteiger partial charge in [0.25, 0.3) is 0 Å². The van der Waals surface area contributed by atoms with Crippen LogP contribution in [-0.2, 0) is 0 Å². The third kappa shape index (κ3) is 3.15. The number of carboxylic acid groups (broad SMARTS) is 1. The van der Waals surface area contributed by atoms with Gasteiger partial charge in [0.2, 0.25) is 0 Å².